The molecule has 86 valence electrons. The minimum absolute atomic E-state index is 0.0290. The standard InChI is InChI=1S/C13H18N2O/c1-9-7-10(2)12(11(3)8-9)15-6-4-5-14-13(15)16/h7-8H,4-6H2,1-3H3,(H,14,16). The van der Waals surface area contributed by atoms with Crippen LogP contribution in [0.15, 0.2) is 12.1 Å². The Labute approximate surface area is 96.5 Å². The van der Waals surface area contributed by atoms with Crippen LogP contribution >= 0.6 is 0 Å². The van der Waals surface area contributed by atoms with E-state index < -0.39 is 0 Å². The second-order valence-corrected chi connectivity index (χ2v) is 4.48. The lowest BCUT2D eigenvalue weighted by atomic mass is 10.0. The molecule has 0 unspecified atom stereocenters. The summed E-state index contributed by atoms with van der Waals surface area (Å²) < 4.78 is 0. The van der Waals surface area contributed by atoms with Crippen molar-refractivity contribution in [2.45, 2.75) is 27.2 Å². The monoisotopic (exact) mass is 218 g/mol. The molecule has 0 atom stereocenters. The van der Waals surface area contributed by atoms with Crippen LogP contribution in [-0.4, -0.2) is 19.1 Å². The Morgan fingerprint density at radius 3 is 2.38 bits per heavy atom. The molecule has 3 nitrogen and oxygen atoms in total. The zero-order valence-corrected chi connectivity index (χ0v) is 10.1. The van der Waals surface area contributed by atoms with Gasteiger partial charge in [0, 0.05) is 13.1 Å². The summed E-state index contributed by atoms with van der Waals surface area (Å²) in [7, 11) is 0. The average molecular weight is 218 g/mol. The van der Waals surface area contributed by atoms with Crippen LogP contribution in [0.3, 0.4) is 0 Å². The fraction of sp³-hybridized carbons (Fsp3) is 0.462. The number of nitrogens with zero attached hydrogens (tertiary/aromatic N) is 1. The van der Waals surface area contributed by atoms with Gasteiger partial charge in [-0.25, -0.2) is 4.79 Å². The molecule has 2 amide bonds. The maximum Gasteiger partial charge on any atom is 0.321 e. The number of hydrogen-bond donors (Lipinski definition) is 1. The summed E-state index contributed by atoms with van der Waals surface area (Å²) >= 11 is 0. The number of anilines is 1. The highest BCUT2D eigenvalue weighted by Gasteiger charge is 2.22. The Morgan fingerprint density at radius 1 is 1.19 bits per heavy atom. The summed E-state index contributed by atoms with van der Waals surface area (Å²) in [5.74, 6) is 0. The van der Waals surface area contributed by atoms with E-state index in [0.29, 0.717) is 0 Å². The third-order valence-corrected chi connectivity index (χ3v) is 2.99. The molecule has 1 saturated heterocycles. The van der Waals surface area contributed by atoms with Crippen LogP contribution in [0, 0.1) is 20.8 Å². The van der Waals surface area contributed by atoms with Crippen molar-refractivity contribution in [2.24, 2.45) is 0 Å². The lowest BCUT2D eigenvalue weighted by Gasteiger charge is -2.30. The fourth-order valence-electron chi connectivity index (χ4n) is 2.44. The van der Waals surface area contributed by atoms with E-state index in [9.17, 15) is 4.79 Å². The maximum atomic E-state index is 11.8. The quantitative estimate of drug-likeness (QED) is 0.772. The highest BCUT2D eigenvalue weighted by atomic mass is 16.2. The van der Waals surface area contributed by atoms with Crippen LogP contribution in [0.1, 0.15) is 23.1 Å². The summed E-state index contributed by atoms with van der Waals surface area (Å²) in [6.45, 7) is 7.82. The highest BCUT2D eigenvalue weighted by molar-refractivity contribution is 5.94. The molecule has 1 fully saturated rings. The molecule has 3 heteroatoms. The predicted molar refractivity (Wildman–Crippen MR) is 66.0 cm³/mol. The molecule has 1 N–H and O–H groups in total. The second-order valence-electron chi connectivity index (χ2n) is 4.48. The van der Waals surface area contributed by atoms with Gasteiger partial charge in [-0.15, -0.1) is 0 Å². The summed E-state index contributed by atoms with van der Waals surface area (Å²) in [6, 6.07) is 4.29. The van der Waals surface area contributed by atoms with Crippen molar-refractivity contribution < 1.29 is 4.79 Å². The van der Waals surface area contributed by atoms with E-state index in [1.165, 1.54) is 16.7 Å². The topological polar surface area (TPSA) is 32.3 Å². The Hall–Kier alpha value is -1.51. The first-order valence-corrected chi connectivity index (χ1v) is 5.73. The third-order valence-electron chi connectivity index (χ3n) is 2.99. The SMILES string of the molecule is Cc1cc(C)c(N2CCCNC2=O)c(C)c1. The van der Waals surface area contributed by atoms with E-state index >= 15 is 0 Å². The van der Waals surface area contributed by atoms with Crippen LogP contribution in [0.2, 0.25) is 0 Å². The number of aryl methyl sites for hydroxylation is 3. The smallest absolute Gasteiger partial charge is 0.321 e. The van der Waals surface area contributed by atoms with E-state index in [1.54, 1.807) is 0 Å². The van der Waals surface area contributed by atoms with Gasteiger partial charge in [0.15, 0.2) is 0 Å². The molecular formula is C13H18N2O. The molecule has 0 aliphatic carbocycles. The molecule has 0 saturated carbocycles. The van der Waals surface area contributed by atoms with Gasteiger partial charge in [-0.2, -0.15) is 0 Å². The van der Waals surface area contributed by atoms with Crippen molar-refractivity contribution in [3.63, 3.8) is 0 Å². The van der Waals surface area contributed by atoms with Crippen LogP contribution in [0.4, 0.5) is 10.5 Å². The van der Waals surface area contributed by atoms with Crippen LogP contribution in [0.5, 0.6) is 0 Å². The van der Waals surface area contributed by atoms with Gasteiger partial charge in [-0.05, 0) is 38.3 Å². The number of carbonyl (C=O) groups is 1. The molecule has 1 aliphatic rings. The molecule has 1 aliphatic heterocycles. The van der Waals surface area contributed by atoms with Crippen LogP contribution in [0.25, 0.3) is 0 Å². The van der Waals surface area contributed by atoms with E-state index in [0.717, 1.165) is 25.2 Å². The average Bonchev–Trinajstić information content (AvgIpc) is 2.19. The van der Waals surface area contributed by atoms with Crippen molar-refractivity contribution in [3.8, 4) is 0 Å². The first-order chi connectivity index (χ1) is 7.59. The number of benzene rings is 1. The summed E-state index contributed by atoms with van der Waals surface area (Å²) in [4.78, 5) is 13.7. The van der Waals surface area contributed by atoms with Gasteiger partial charge < -0.3 is 5.32 Å². The van der Waals surface area contributed by atoms with Gasteiger partial charge in [0.1, 0.15) is 0 Å². The number of carbonyl (C=O) groups excluding carboxylic acids is 1. The summed E-state index contributed by atoms with van der Waals surface area (Å²) in [6.07, 6.45) is 1.01. The molecule has 1 aromatic carbocycles. The van der Waals surface area contributed by atoms with E-state index in [4.69, 9.17) is 0 Å². The molecule has 2 rings (SSSR count). The van der Waals surface area contributed by atoms with Gasteiger partial charge in [-0.1, -0.05) is 17.7 Å². The first kappa shape index (κ1) is 11.0. The van der Waals surface area contributed by atoms with Crippen molar-refractivity contribution in [1.82, 2.24) is 5.32 Å². The van der Waals surface area contributed by atoms with Crippen LogP contribution < -0.4 is 10.2 Å². The minimum atomic E-state index is 0.0290. The Balaban J connectivity index is 2.42. The third kappa shape index (κ3) is 1.90. The highest BCUT2D eigenvalue weighted by Crippen LogP contribution is 2.27. The number of amides is 2. The molecule has 0 radical (unpaired) electrons. The Morgan fingerprint density at radius 2 is 1.81 bits per heavy atom. The van der Waals surface area contributed by atoms with Crippen molar-refractivity contribution in [1.29, 1.82) is 0 Å². The zero-order valence-electron chi connectivity index (χ0n) is 10.1. The van der Waals surface area contributed by atoms with Gasteiger partial charge >= 0.3 is 6.03 Å². The molecule has 16 heavy (non-hydrogen) atoms. The van der Waals surface area contributed by atoms with Gasteiger partial charge in [0.05, 0.1) is 5.69 Å². The molecule has 0 spiro atoms. The van der Waals surface area contributed by atoms with E-state index in [2.05, 4.69) is 38.2 Å². The van der Waals surface area contributed by atoms with Gasteiger partial charge in [-0.3, -0.25) is 4.90 Å². The normalized spacial score (nSPS) is 16.2. The second kappa shape index (κ2) is 4.16. The Kier molecular flexibility index (Phi) is 2.86. The zero-order chi connectivity index (χ0) is 11.7. The maximum absolute atomic E-state index is 11.8. The molecule has 0 aromatic heterocycles. The van der Waals surface area contributed by atoms with Crippen molar-refractivity contribution >= 4 is 11.7 Å². The van der Waals surface area contributed by atoms with Gasteiger partial charge in [0.2, 0.25) is 0 Å². The van der Waals surface area contributed by atoms with E-state index in [1.807, 2.05) is 4.90 Å². The lowest BCUT2D eigenvalue weighted by molar-refractivity contribution is 0.243. The van der Waals surface area contributed by atoms with Crippen molar-refractivity contribution in [2.75, 3.05) is 18.0 Å². The van der Waals surface area contributed by atoms with Crippen molar-refractivity contribution in [3.05, 3.63) is 28.8 Å². The largest absolute Gasteiger partial charge is 0.338 e. The fourth-order valence-corrected chi connectivity index (χ4v) is 2.44. The number of hydrogen-bond acceptors (Lipinski definition) is 1. The molecular weight excluding hydrogens is 200 g/mol. The summed E-state index contributed by atoms with van der Waals surface area (Å²) in [5.41, 5.74) is 4.67. The lowest BCUT2D eigenvalue weighted by Crippen LogP contribution is -2.47. The van der Waals surface area contributed by atoms with E-state index in [-0.39, 0.29) is 6.03 Å². The summed E-state index contributed by atoms with van der Waals surface area (Å²) in [5, 5.41) is 2.89. The molecule has 0 bridgehead atoms. The van der Waals surface area contributed by atoms with Crippen LogP contribution in [-0.2, 0) is 0 Å². The molecule has 1 aromatic rings. The van der Waals surface area contributed by atoms with Gasteiger partial charge in [0.25, 0.3) is 0 Å². The Bertz CT molecular complexity index is 403. The minimum Gasteiger partial charge on any atom is -0.338 e. The number of urea groups is 1. The number of nitrogens with one attached hydrogen (secondary N) is 1. The molecule has 1 heterocycles. The predicted octanol–water partition coefficient (Wildman–Crippen LogP) is 2.53. The first-order valence-electron chi connectivity index (χ1n) is 5.73. The number of rotatable bonds is 1.